The van der Waals surface area contributed by atoms with Crippen molar-refractivity contribution in [2.75, 3.05) is 6.61 Å². The van der Waals surface area contributed by atoms with Gasteiger partial charge in [0.15, 0.2) is 23.9 Å². The Kier molecular flexibility index (Phi) is 5.64. The summed E-state index contributed by atoms with van der Waals surface area (Å²) in [7, 11) is 0. The van der Waals surface area contributed by atoms with Gasteiger partial charge in [-0.2, -0.15) is 5.10 Å². The Bertz CT molecular complexity index is 1100. The average molecular weight is 384 g/mol. The van der Waals surface area contributed by atoms with Gasteiger partial charge in [-0.15, -0.1) is 0 Å². The van der Waals surface area contributed by atoms with Gasteiger partial charge in [0.2, 0.25) is 0 Å². The topological polar surface area (TPSA) is 102 Å². The fraction of sp³-hybridized carbons (Fsp3) is 0.158. The molecule has 0 bridgehead atoms. The SMILES string of the molecule is CCn1nc(C(=O)NNC(=O)COc2ccccc2F)c2ccccc2c1=O. The molecular formula is C19H17FN4O4. The maximum atomic E-state index is 13.5. The first-order valence-corrected chi connectivity index (χ1v) is 8.47. The van der Waals surface area contributed by atoms with Gasteiger partial charge in [-0.05, 0) is 25.1 Å². The predicted octanol–water partition coefficient (Wildman–Crippen LogP) is 1.40. The molecule has 28 heavy (non-hydrogen) atoms. The Balaban J connectivity index is 1.70. The molecule has 9 heteroatoms. The Morgan fingerprint density at radius 3 is 2.46 bits per heavy atom. The summed E-state index contributed by atoms with van der Waals surface area (Å²) >= 11 is 0. The van der Waals surface area contributed by atoms with Crippen LogP contribution in [0.1, 0.15) is 17.4 Å². The van der Waals surface area contributed by atoms with Gasteiger partial charge < -0.3 is 4.74 Å². The molecule has 2 aromatic carbocycles. The first-order chi connectivity index (χ1) is 13.5. The minimum atomic E-state index is -0.697. The van der Waals surface area contributed by atoms with Crippen molar-refractivity contribution in [3.8, 4) is 5.75 Å². The number of aromatic nitrogens is 2. The van der Waals surface area contributed by atoms with E-state index in [1.807, 2.05) is 0 Å². The van der Waals surface area contributed by atoms with Crippen molar-refractivity contribution in [3.05, 3.63) is 70.4 Å². The summed E-state index contributed by atoms with van der Waals surface area (Å²) in [6.45, 7) is 1.52. The second kappa shape index (κ2) is 8.30. The van der Waals surface area contributed by atoms with Crippen LogP contribution in [0.15, 0.2) is 53.3 Å². The smallest absolute Gasteiger partial charge is 0.290 e. The third-order valence-corrected chi connectivity index (χ3v) is 3.89. The number of nitrogens with one attached hydrogen (secondary N) is 2. The van der Waals surface area contributed by atoms with Crippen LogP contribution in [0.5, 0.6) is 5.75 Å². The number of hydrogen-bond donors (Lipinski definition) is 2. The van der Waals surface area contributed by atoms with Crippen LogP contribution in [0.25, 0.3) is 10.8 Å². The molecule has 0 aliphatic carbocycles. The van der Waals surface area contributed by atoms with Crippen LogP contribution in [0, 0.1) is 5.82 Å². The molecule has 0 aliphatic rings. The predicted molar refractivity (Wildman–Crippen MR) is 99.2 cm³/mol. The van der Waals surface area contributed by atoms with Crippen molar-refractivity contribution in [2.24, 2.45) is 0 Å². The molecule has 0 unspecified atom stereocenters. The third kappa shape index (κ3) is 3.98. The number of benzene rings is 2. The van der Waals surface area contributed by atoms with E-state index in [4.69, 9.17) is 4.74 Å². The lowest BCUT2D eigenvalue weighted by Gasteiger charge is -2.11. The lowest BCUT2D eigenvalue weighted by atomic mass is 10.1. The van der Waals surface area contributed by atoms with Crippen LogP contribution in [-0.2, 0) is 11.3 Å². The van der Waals surface area contributed by atoms with Crippen LogP contribution in [0.3, 0.4) is 0 Å². The summed E-state index contributed by atoms with van der Waals surface area (Å²) in [5.74, 6) is -2.06. The number of nitrogens with zero attached hydrogens (tertiary/aromatic N) is 2. The van der Waals surface area contributed by atoms with Crippen molar-refractivity contribution in [1.29, 1.82) is 0 Å². The molecule has 3 aromatic rings. The summed E-state index contributed by atoms with van der Waals surface area (Å²) in [6.07, 6.45) is 0. The number of hydrazine groups is 1. The Morgan fingerprint density at radius 2 is 1.75 bits per heavy atom. The second-order valence-corrected chi connectivity index (χ2v) is 5.74. The summed E-state index contributed by atoms with van der Waals surface area (Å²) < 4.78 is 19.7. The number of hydrogen-bond acceptors (Lipinski definition) is 5. The highest BCUT2D eigenvalue weighted by atomic mass is 19.1. The minimum Gasteiger partial charge on any atom is -0.481 e. The van der Waals surface area contributed by atoms with Crippen molar-refractivity contribution in [1.82, 2.24) is 20.6 Å². The van der Waals surface area contributed by atoms with Gasteiger partial charge in [0, 0.05) is 11.9 Å². The van der Waals surface area contributed by atoms with Crippen LogP contribution in [0.4, 0.5) is 4.39 Å². The van der Waals surface area contributed by atoms with Gasteiger partial charge in [0.05, 0.1) is 5.39 Å². The fourth-order valence-corrected chi connectivity index (χ4v) is 2.54. The zero-order valence-electron chi connectivity index (χ0n) is 14.9. The maximum absolute atomic E-state index is 13.5. The normalized spacial score (nSPS) is 10.5. The molecule has 3 rings (SSSR count). The number of rotatable bonds is 5. The van der Waals surface area contributed by atoms with E-state index in [-0.39, 0.29) is 23.5 Å². The molecule has 2 amide bonds. The van der Waals surface area contributed by atoms with Gasteiger partial charge in [-0.1, -0.05) is 30.3 Å². The Hall–Kier alpha value is -3.75. The number of carbonyl (C=O) groups is 2. The fourth-order valence-electron chi connectivity index (χ4n) is 2.54. The van der Waals surface area contributed by atoms with Gasteiger partial charge in [0.1, 0.15) is 0 Å². The number of carbonyl (C=O) groups excluding carboxylic acids is 2. The summed E-state index contributed by atoms with van der Waals surface area (Å²) in [4.78, 5) is 36.6. The largest absolute Gasteiger partial charge is 0.481 e. The molecule has 1 heterocycles. The molecule has 0 spiro atoms. The Labute approximate surface area is 158 Å². The average Bonchev–Trinajstić information content (AvgIpc) is 2.72. The third-order valence-electron chi connectivity index (χ3n) is 3.89. The van der Waals surface area contributed by atoms with Crippen molar-refractivity contribution >= 4 is 22.6 Å². The quantitative estimate of drug-likeness (QED) is 0.648. The van der Waals surface area contributed by atoms with E-state index >= 15 is 0 Å². The van der Waals surface area contributed by atoms with E-state index < -0.39 is 24.2 Å². The minimum absolute atomic E-state index is 0.00706. The van der Waals surface area contributed by atoms with Crippen LogP contribution in [0.2, 0.25) is 0 Å². The van der Waals surface area contributed by atoms with Crippen LogP contribution < -0.4 is 21.1 Å². The van der Waals surface area contributed by atoms with Gasteiger partial charge in [-0.3, -0.25) is 25.2 Å². The number of amides is 2. The van der Waals surface area contributed by atoms with Gasteiger partial charge >= 0.3 is 0 Å². The number of fused-ring (bicyclic) bond motifs is 1. The molecule has 0 saturated carbocycles. The molecule has 1 aromatic heterocycles. The molecule has 0 saturated heterocycles. The molecule has 2 N–H and O–H groups in total. The van der Waals surface area contributed by atoms with E-state index in [0.29, 0.717) is 10.8 Å². The van der Waals surface area contributed by atoms with E-state index in [1.165, 1.54) is 22.9 Å². The van der Waals surface area contributed by atoms with E-state index in [2.05, 4.69) is 16.0 Å². The van der Waals surface area contributed by atoms with Crippen molar-refractivity contribution < 1.29 is 18.7 Å². The molecular weight excluding hydrogens is 367 g/mol. The number of para-hydroxylation sites is 1. The van der Waals surface area contributed by atoms with Gasteiger partial charge in [0.25, 0.3) is 17.4 Å². The lowest BCUT2D eigenvalue weighted by molar-refractivity contribution is -0.123. The highest BCUT2D eigenvalue weighted by Gasteiger charge is 2.17. The maximum Gasteiger partial charge on any atom is 0.290 e. The van der Waals surface area contributed by atoms with E-state index in [0.717, 1.165) is 0 Å². The molecule has 0 atom stereocenters. The van der Waals surface area contributed by atoms with Crippen molar-refractivity contribution in [3.63, 3.8) is 0 Å². The molecule has 8 nitrogen and oxygen atoms in total. The zero-order chi connectivity index (χ0) is 20.1. The first-order valence-electron chi connectivity index (χ1n) is 8.47. The summed E-state index contributed by atoms with van der Waals surface area (Å²) in [5, 5.41) is 4.78. The zero-order valence-corrected chi connectivity index (χ0v) is 14.9. The molecule has 0 aliphatic heterocycles. The molecule has 0 fully saturated rings. The van der Waals surface area contributed by atoms with Gasteiger partial charge in [-0.25, -0.2) is 9.07 Å². The van der Waals surface area contributed by atoms with Crippen LogP contribution in [-0.4, -0.2) is 28.2 Å². The van der Waals surface area contributed by atoms with Crippen LogP contribution >= 0.6 is 0 Å². The number of halogens is 1. The number of ether oxygens (including phenoxy) is 1. The lowest BCUT2D eigenvalue weighted by Crippen LogP contribution is -2.44. The first kappa shape index (κ1) is 19.0. The summed E-state index contributed by atoms with van der Waals surface area (Å²) in [5.41, 5.74) is 4.08. The highest BCUT2D eigenvalue weighted by molar-refractivity contribution is 6.05. The molecule has 144 valence electrons. The Morgan fingerprint density at radius 1 is 1.07 bits per heavy atom. The summed E-state index contributed by atoms with van der Waals surface area (Å²) in [6, 6.07) is 12.2. The van der Waals surface area contributed by atoms with E-state index in [9.17, 15) is 18.8 Å². The standard InChI is InChI=1S/C19H17FN4O4/c1-2-24-19(27)13-8-4-3-7-12(13)17(23-24)18(26)22-21-16(25)11-28-15-10-6-5-9-14(15)20/h3-10H,2,11H2,1H3,(H,21,25)(H,22,26). The van der Waals surface area contributed by atoms with E-state index in [1.54, 1.807) is 37.3 Å². The second-order valence-electron chi connectivity index (χ2n) is 5.74. The highest BCUT2D eigenvalue weighted by Crippen LogP contribution is 2.15. The monoisotopic (exact) mass is 384 g/mol. The number of aryl methyl sites for hydroxylation is 1. The molecule has 0 radical (unpaired) electrons. The van der Waals surface area contributed by atoms with Crippen molar-refractivity contribution in [2.45, 2.75) is 13.5 Å².